The van der Waals surface area contributed by atoms with Gasteiger partial charge in [-0.3, -0.25) is 9.78 Å². The van der Waals surface area contributed by atoms with E-state index in [0.717, 1.165) is 48.0 Å². The fourth-order valence-corrected chi connectivity index (χ4v) is 4.16. The van der Waals surface area contributed by atoms with Crippen molar-refractivity contribution in [1.82, 2.24) is 4.98 Å². The Morgan fingerprint density at radius 3 is 2.57 bits per heavy atom. The lowest BCUT2D eigenvalue weighted by Crippen LogP contribution is -2.32. The number of para-hydroxylation sites is 1. The van der Waals surface area contributed by atoms with Crippen molar-refractivity contribution in [3.8, 4) is 11.8 Å². The quantitative estimate of drug-likeness (QED) is 0.630. The average molecular weight is 399 g/mol. The number of anilines is 1. The molecule has 1 aliphatic carbocycles. The topological polar surface area (TPSA) is 75.0 Å². The van der Waals surface area contributed by atoms with Crippen LogP contribution < -0.4 is 10.1 Å². The number of ether oxygens (including phenoxy) is 1. The molecule has 0 spiro atoms. The summed E-state index contributed by atoms with van der Waals surface area (Å²) in [5, 5.41) is 12.9. The standard InChI is InChI=1S/C25H25N3O2/c1-17(25(29)28-20-10-6-18(16-26)7-11-20)19-8-12-21(13-9-19)30-24-14-15-27-23-5-3-2-4-22(23)24/h2-7,10-11,14-15,17,19,21H,8-9,12-13H2,1H3,(H,28,29)/t17-,19?,21?/m0/s1. The van der Waals surface area contributed by atoms with Crippen LogP contribution in [-0.2, 0) is 4.79 Å². The fourth-order valence-electron chi connectivity index (χ4n) is 4.16. The fraction of sp³-hybridized carbons (Fsp3) is 0.320. The van der Waals surface area contributed by atoms with Gasteiger partial charge in [0.1, 0.15) is 5.75 Å². The van der Waals surface area contributed by atoms with Crippen molar-refractivity contribution < 1.29 is 9.53 Å². The third-order valence-corrected chi connectivity index (χ3v) is 6.02. The number of rotatable bonds is 5. The van der Waals surface area contributed by atoms with Crippen molar-refractivity contribution >= 4 is 22.5 Å². The van der Waals surface area contributed by atoms with Crippen LogP contribution in [0.2, 0.25) is 0 Å². The molecule has 1 saturated carbocycles. The van der Waals surface area contributed by atoms with E-state index in [2.05, 4.69) is 16.4 Å². The van der Waals surface area contributed by atoms with Gasteiger partial charge in [-0.05, 0) is 74.1 Å². The Balaban J connectivity index is 1.32. The Morgan fingerprint density at radius 1 is 1.10 bits per heavy atom. The highest BCUT2D eigenvalue weighted by molar-refractivity contribution is 5.92. The minimum Gasteiger partial charge on any atom is -0.490 e. The highest BCUT2D eigenvalue weighted by atomic mass is 16.5. The molecule has 1 N–H and O–H groups in total. The van der Waals surface area contributed by atoms with Crippen LogP contribution >= 0.6 is 0 Å². The molecule has 5 heteroatoms. The molecule has 1 atom stereocenters. The highest BCUT2D eigenvalue weighted by Crippen LogP contribution is 2.34. The second-order valence-corrected chi connectivity index (χ2v) is 7.95. The summed E-state index contributed by atoms with van der Waals surface area (Å²) in [4.78, 5) is 17.1. The molecule has 5 nitrogen and oxygen atoms in total. The number of nitrogens with one attached hydrogen (secondary N) is 1. The number of pyridine rings is 1. The minimum absolute atomic E-state index is 0.0317. The second kappa shape index (κ2) is 8.96. The van der Waals surface area contributed by atoms with Gasteiger partial charge in [-0.2, -0.15) is 5.26 Å². The minimum atomic E-state index is -0.0663. The van der Waals surface area contributed by atoms with Crippen molar-refractivity contribution in [2.24, 2.45) is 11.8 Å². The largest absolute Gasteiger partial charge is 0.490 e. The van der Waals surface area contributed by atoms with Crippen LogP contribution in [0, 0.1) is 23.2 Å². The maximum Gasteiger partial charge on any atom is 0.227 e. The Bertz CT molecular complexity index is 1060. The summed E-state index contributed by atoms with van der Waals surface area (Å²) in [7, 11) is 0. The number of hydrogen-bond donors (Lipinski definition) is 1. The third kappa shape index (κ3) is 4.44. The molecule has 1 fully saturated rings. The first-order valence-electron chi connectivity index (χ1n) is 10.5. The van der Waals surface area contributed by atoms with Gasteiger partial charge in [0.05, 0.1) is 23.3 Å². The predicted octanol–water partition coefficient (Wildman–Crippen LogP) is 5.32. The van der Waals surface area contributed by atoms with E-state index in [9.17, 15) is 4.79 Å². The Morgan fingerprint density at radius 2 is 1.83 bits per heavy atom. The van der Waals surface area contributed by atoms with Crippen molar-refractivity contribution in [3.63, 3.8) is 0 Å². The molecule has 0 unspecified atom stereocenters. The number of benzene rings is 2. The van der Waals surface area contributed by atoms with E-state index in [-0.39, 0.29) is 17.9 Å². The maximum absolute atomic E-state index is 12.7. The first-order valence-corrected chi connectivity index (χ1v) is 10.5. The molecule has 30 heavy (non-hydrogen) atoms. The van der Waals surface area contributed by atoms with E-state index in [4.69, 9.17) is 10.00 Å². The van der Waals surface area contributed by atoms with Gasteiger partial charge in [-0.1, -0.05) is 19.1 Å². The van der Waals surface area contributed by atoms with Crippen molar-refractivity contribution in [2.75, 3.05) is 5.32 Å². The number of fused-ring (bicyclic) bond motifs is 1. The SMILES string of the molecule is C[C@H](C(=O)Nc1ccc(C#N)cc1)C1CCC(Oc2ccnc3ccccc23)CC1. The molecule has 152 valence electrons. The smallest absolute Gasteiger partial charge is 0.227 e. The zero-order valence-electron chi connectivity index (χ0n) is 17.0. The van der Waals surface area contributed by atoms with Gasteiger partial charge in [0.2, 0.25) is 5.91 Å². The zero-order valence-corrected chi connectivity index (χ0v) is 17.0. The molecule has 4 rings (SSSR count). The molecule has 0 radical (unpaired) electrons. The molecule has 2 aromatic carbocycles. The number of hydrogen-bond acceptors (Lipinski definition) is 4. The van der Waals surface area contributed by atoms with E-state index < -0.39 is 0 Å². The maximum atomic E-state index is 12.7. The average Bonchev–Trinajstić information content (AvgIpc) is 2.80. The summed E-state index contributed by atoms with van der Waals surface area (Å²) in [5.74, 6) is 1.20. The van der Waals surface area contributed by atoms with Gasteiger partial charge in [0.15, 0.2) is 0 Å². The molecule has 0 bridgehead atoms. The highest BCUT2D eigenvalue weighted by Gasteiger charge is 2.30. The Labute approximate surface area is 176 Å². The van der Waals surface area contributed by atoms with E-state index in [1.165, 1.54) is 0 Å². The van der Waals surface area contributed by atoms with Crippen LogP contribution in [0.3, 0.4) is 0 Å². The number of carbonyl (C=O) groups is 1. The molecule has 1 aliphatic rings. The summed E-state index contributed by atoms with van der Waals surface area (Å²) in [6, 6.07) is 19.0. The molecule has 1 aromatic heterocycles. The van der Waals surface area contributed by atoms with Crippen LogP contribution in [0.4, 0.5) is 5.69 Å². The van der Waals surface area contributed by atoms with E-state index in [1.54, 1.807) is 30.5 Å². The van der Waals surface area contributed by atoms with Gasteiger partial charge in [0.25, 0.3) is 0 Å². The van der Waals surface area contributed by atoms with Crippen molar-refractivity contribution in [2.45, 2.75) is 38.7 Å². The molecule has 1 heterocycles. The molecule has 1 amide bonds. The number of aromatic nitrogens is 1. The van der Waals surface area contributed by atoms with Gasteiger partial charge in [-0.25, -0.2) is 0 Å². The van der Waals surface area contributed by atoms with Crippen molar-refractivity contribution in [1.29, 1.82) is 5.26 Å². The van der Waals surface area contributed by atoms with Crippen LogP contribution in [0.15, 0.2) is 60.8 Å². The van der Waals surface area contributed by atoms with E-state index >= 15 is 0 Å². The summed E-state index contributed by atoms with van der Waals surface area (Å²) in [5.41, 5.74) is 2.26. The summed E-state index contributed by atoms with van der Waals surface area (Å²) >= 11 is 0. The molecule has 3 aromatic rings. The van der Waals surface area contributed by atoms with Gasteiger partial charge < -0.3 is 10.1 Å². The molecular formula is C25H25N3O2. The molecule has 0 aliphatic heterocycles. The zero-order chi connectivity index (χ0) is 20.9. The summed E-state index contributed by atoms with van der Waals surface area (Å²) in [6.07, 6.45) is 5.77. The first-order chi connectivity index (χ1) is 14.6. The summed E-state index contributed by atoms with van der Waals surface area (Å²) in [6.45, 7) is 2.00. The molecule has 0 saturated heterocycles. The number of nitriles is 1. The van der Waals surface area contributed by atoms with Crippen LogP contribution in [-0.4, -0.2) is 17.0 Å². The Kier molecular flexibility index (Phi) is 5.94. The van der Waals surface area contributed by atoms with Crippen molar-refractivity contribution in [3.05, 3.63) is 66.4 Å². The normalized spacial score (nSPS) is 19.6. The summed E-state index contributed by atoms with van der Waals surface area (Å²) < 4.78 is 6.31. The number of nitrogens with zero attached hydrogens (tertiary/aromatic N) is 2. The number of carbonyl (C=O) groups excluding carboxylic acids is 1. The van der Waals surface area contributed by atoms with Gasteiger partial charge >= 0.3 is 0 Å². The third-order valence-electron chi connectivity index (χ3n) is 6.02. The lowest BCUT2D eigenvalue weighted by molar-refractivity contribution is -0.121. The van der Waals surface area contributed by atoms with Crippen LogP contribution in [0.1, 0.15) is 38.2 Å². The van der Waals surface area contributed by atoms with Gasteiger partial charge in [-0.15, -0.1) is 0 Å². The molecular weight excluding hydrogens is 374 g/mol. The first kappa shape index (κ1) is 19.9. The van der Waals surface area contributed by atoms with E-state index in [1.807, 2.05) is 37.3 Å². The predicted molar refractivity (Wildman–Crippen MR) is 117 cm³/mol. The van der Waals surface area contributed by atoms with E-state index in [0.29, 0.717) is 11.5 Å². The lowest BCUT2D eigenvalue weighted by Gasteiger charge is -2.32. The Hall–Kier alpha value is -3.39. The lowest BCUT2D eigenvalue weighted by atomic mass is 9.79. The van der Waals surface area contributed by atoms with Crippen LogP contribution in [0.25, 0.3) is 10.9 Å². The van der Waals surface area contributed by atoms with Gasteiger partial charge in [0, 0.05) is 23.2 Å². The monoisotopic (exact) mass is 399 g/mol. The number of amides is 1. The second-order valence-electron chi connectivity index (χ2n) is 7.95. The van der Waals surface area contributed by atoms with Crippen LogP contribution in [0.5, 0.6) is 5.75 Å².